The molecule has 32 heavy (non-hydrogen) atoms. The van der Waals surface area contributed by atoms with Gasteiger partial charge in [0.25, 0.3) is 10.1 Å². The van der Waals surface area contributed by atoms with Crippen molar-refractivity contribution in [3.63, 3.8) is 0 Å². The van der Waals surface area contributed by atoms with E-state index in [1.165, 1.54) is 12.1 Å². The molecule has 9 nitrogen and oxygen atoms in total. The second-order valence-electron chi connectivity index (χ2n) is 6.76. The number of rotatable bonds is 22. The quantitative estimate of drug-likeness (QED) is 0.183. The van der Waals surface area contributed by atoms with Gasteiger partial charge < -0.3 is 28.4 Å². The van der Waals surface area contributed by atoms with E-state index in [1.54, 1.807) is 12.1 Å². The van der Waals surface area contributed by atoms with E-state index in [4.69, 9.17) is 32.6 Å². The van der Waals surface area contributed by atoms with Crippen LogP contribution < -0.4 is 0 Å². The maximum atomic E-state index is 12.0. The van der Waals surface area contributed by atoms with E-state index in [9.17, 15) is 8.42 Å². The van der Waals surface area contributed by atoms with E-state index in [2.05, 4.69) is 6.92 Å². The van der Waals surface area contributed by atoms with Crippen LogP contribution in [0.5, 0.6) is 0 Å². The highest BCUT2D eigenvalue weighted by Crippen LogP contribution is 2.12. The van der Waals surface area contributed by atoms with Gasteiger partial charge in [0.1, 0.15) is 0 Å². The second-order valence-corrected chi connectivity index (χ2v) is 8.38. The van der Waals surface area contributed by atoms with Crippen molar-refractivity contribution in [2.45, 2.75) is 25.2 Å². The summed E-state index contributed by atoms with van der Waals surface area (Å²) in [5.74, 6) is 0. The third-order valence-electron chi connectivity index (χ3n) is 3.98. The third kappa shape index (κ3) is 15.7. The van der Waals surface area contributed by atoms with Crippen LogP contribution >= 0.6 is 0 Å². The van der Waals surface area contributed by atoms with Gasteiger partial charge in [0.05, 0.1) is 84.2 Å². The second kappa shape index (κ2) is 19.4. The molecule has 0 aliphatic carbocycles. The molecule has 0 bridgehead atoms. The fourth-order valence-corrected chi connectivity index (χ4v) is 3.21. The third-order valence-corrected chi connectivity index (χ3v) is 5.31. The Labute approximate surface area is 192 Å². The van der Waals surface area contributed by atoms with Crippen molar-refractivity contribution in [2.75, 3.05) is 85.9 Å². The summed E-state index contributed by atoms with van der Waals surface area (Å²) in [4.78, 5) is 0.137. The van der Waals surface area contributed by atoms with Gasteiger partial charge in [-0.15, -0.1) is 0 Å². The summed E-state index contributed by atoms with van der Waals surface area (Å²) < 4.78 is 61.1. The van der Waals surface area contributed by atoms with E-state index in [-0.39, 0.29) is 18.1 Å². The summed E-state index contributed by atoms with van der Waals surface area (Å²) in [5.41, 5.74) is 0.983. The lowest BCUT2D eigenvalue weighted by atomic mass is 10.2. The molecule has 0 aromatic heterocycles. The average Bonchev–Trinajstić information content (AvgIpc) is 2.78. The minimum Gasteiger partial charge on any atom is -0.379 e. The minimum absolute atomic E-state index is 0.0446. The zero-order valence-electron chi connectivity index (χ0n) is 19.3. The Hall–Kier alpha value is -1.11. The molecule has 10 heteroatoms. The summed E-state index contributed by atoms with van der Waals surface area (Å²) >= 11 is 0. The van der Waals surface area contributed by atoms with Crippen LogP contribution in [0.1, 0.15) is 18.9 Å². The van der Waals surface area contributed by atoms with Crippen LogP contribution in [0.15, 0.2) is 29.2 Å². The first kappa shape index (κ1) is 28.9. The van der Waals surface area contributed by atoms with Crippen molar-refractivity contribution in [2.24, 2.45) is 0 Å². The maximum absolute atomic E-state index is 12.0. The zero-order valence-corrected chi connectivity index (χ0v) is 20.1. The van der Waals surface area contributed by atoms with Crippen LogP contribution in [-0.4, -0.2) is 94.3 Å². The van der Waals surface area contributed by atoms with Crippen molar-refractivity contribution < 1.29 is 41.0 Å². The number of benzene rings is 1. The van der Waals surface area contributed by atoms with E-state index in [1.807, 2.05) is 6.92 Å². The molecule has 1 rings (SSSR count). The Morgan fingerprint density at radius 3 is 1.28 bits per heavy atom. The molecule has 0 fully saturated rings. The van der Waals surface area contributed by atoms with Crippen molar-refractivity contribution in [1.82, 2.24) is 0 Å². The fourth-order valence-electron chi connectivity index (χ4n) is 2.32. The Balaban J connectivity index is 1.80. The molecule has 0 N–H and O–H groups in total. The topological polar surface area (TPSA) is 98.8 Å². The molecule has 0 spiro atoms. The van der Waals surface area contributed by atoms with Gasteiger partial charge >= 0.3 is 0 Å². The first-order valence-corrected chi connectivity index (χ1v) is 12.4. The standard InChI is InChI=1S/C22H38O9S/c1-3-8-25-9-10-26-11-12-27-13-14-28-15-16-29-17-18-30-19-20-31-32(23,24)22-6-4-21(2)5-7-22/h4-7H,3,8-20H2,1-2H3. The summed E-state index contributed by atoms with van der Waals surface area (Å²) in [6, 6.07) is 6.50. The molecule has 0 amide bonds. The molecule has 0 saturated heterocycles. The summed E-state index contributed by atoms with van der Waals surface area (Å²) in [7, 11) is -3.75. The lowest BCUT2D eigenvalue weighted by Crippen LogP contribution is -2.15. The highest BCUT2D eigenvalue weighted by atomic mass is 32.2. The lowest BCUT2D eigenvalue weighted by Gasteiger charge is -2.08. The molecular formula is C22H38O9S. The van der Waals surface area contributed by atoms with Gasteiger partial charge in [-0.05, 0) is 25.5 Å². The van der Waals surface area contributed by atoms with Gasteiger partial charge in [0.15, 0.2) is 0 Å². The van der Waals surface area contributed by atoms with Gasteiger partial charge in [0, 0.05) is 6.61 Å². The Morgan fingerprint density at radius 2 is 0.906 bits per heavy atom. The minimum atomic E-state index is -3.75. The molecule has 1 aromatic carbocycles. The van der Waals surface area contributed by atoms with Crippen LogP contribution in [-0.2, 0) is 42.7 Å². The predicted molar refractivity (Wildman–Crippen MR) is 120 cm³/mol. The van der Waals surface area contributed by atoms with Gasteiger partial charge in [-0.3, -0.25) is 4.18 Å². The summed E-state index contributed by atoms with van der Waals surface area (Å²) in [5, 5.41) is 0. The van der Waals surface area contributed by atoms with Crippen molar-refractivity contribution >= 4 is 10.1 Å². The normalized spacial score (nSPS) is 11.8. The molecule has 0 aliphatic heterocycles. The monoisotopic (exact) mass is 478 g/mol. The van der Waals surface area contributed by atoms with E-state index >= 15 is 0 Å². The van der Waals surface area contributed by atoms with E-state index < -0.39 is 10.1 Å². The van der Waals surface area contributed by atoms with Gasteiger partial charge in [-0.25, -0.2) is 0 Å². The molecule has 186 valence electrons. The van der Waals surface area contributed by atoms with Crippen LogP contribution in [0.3, 0.4) is 0 Å². The van der Waals surface area contributed by atoms with Gasteiger partial charge in [-0.2, -0.15) is 8.42 Å². The van der Waals surface area contributed by atoms with E-state index in [0.717, 1.165) is 18.6 Å². The molecule has 1 aromatic rings. The largest absolute Gasteiger partial charge is 0.379 e. The number of hydrogen-bond acceptors (Lipinski definition) is 9. The number of hydrogen-bond donors (Lipinski definition) is 0. The number of ether oxygens (including phenoxy) is 6. The smallest absolute Gasteiger partial charge is 0.297 e. The fraction of sp³-hybridized carbons (Fsp3) is 0.727. The highest BCUT2D eigenvalue weighted by Gasteiger charge is 2.14. The average molecular weight is 479 g/mol. The molecule has 0 unspecified atom stereocenters. The van der Waals surface area contributed by atoms with Crippen molar-refractivity contribution in [3.8, 4) is 0 Å². The van der Waals surface area contributed by atoms with Crippen LogP contribution in [0.2, 0.25) is 0 Å². The molecular weight excluding hydrogens is 440 g/mol. The van der Waals surface area contributed by atoms with Crippen LogP contribution in [0, 0.1) is 6.92 Å². The molecule has 0 saturated carbocycles. The van der Waals surface area contributed by atoms with Crippen LogP contribution in [0.25, 0.3) is 0 Å². The van der Waals surface area contributed by atoms with Gasteiger partial charge in [0.2, 0.25) is 0 Å². The first-order chi connectivity index (χ1) is 15.6. The SMILES string of the molecule is CCCOCCOCCOCCOCCOCCOCCOS(=O)(=O)c1ccc(C)cc1. The van der Waals surface area contributed by atoms with Crippen molar-refractivity contribution in [3.05, 3.63) is 29.8 Å². The Bertz CT molecular complexity index is 650. The molecule has 0 heterocycles. The highest BCUT2D eigenvalue weighted by molar-refractivity contribution is 7.86. The van der Waals surface area contributed by atoms with Crippen LogP contribution in [0.4, 0.5) is 0 Å². The Kier molecular flexibility index (Phi) is 17.5. The van der Waals surface area contributed by atoms with E-state index in [0.29, 0.717) is 66.1 Å². The van der Waals surface area contributed by atoms with Crippen molar-refractivity contribution in [1.29, 1.82) is 0 Å². The summed E-state index contributed by atoms with van der Waals surface area (Å²) in [6.07, 6.45) is 1.01. The summed E-state index contributed by atoms with van der Waals surface area (Å²) in [6.45, 7) is 9.77. The first-order valence-electron chi connectivity index (χ1n) is 11.0. The number of aryl methyl sites for hydroxylation is 1. The molecule has 0 atom stereocenters. The van der Waals surface area contributed by atoms with Gasteiger partial charge in [-0.1, -0.05) is 24.6 Å². The Morgan fingerprint density at radius 1 is 0.562 bits per heavy atom. The zero-order chi connectivity index (χ0) is 23.3. The maximum Gasteiger partial charge on any atom is 0.297 e. The lowest BCUT2D eigenvalue weighted by molar-refractivity contribution is -0.0176. The molecule has 0 radical (unpaired) electrons. The predicted octanol–water partition coefficient (Wildman–Crippen LogP) is 2.21. The molecule has 0 aliphatic rings.